The van der Waals surface area contributed by atoms with Gasteiger partial charge >= 0.3 is 0 Å². The van der Waals surface area contributed by atoms with E-state index in [2.05, 4.69) is 39.5 Å². The second-order valence-electron chi connectivity index (χ2n) is 9.42. The normalized spacial score (nSPS) is 25.0. The van der Waals surface area contributed by atoms with Gasteiger partial charge in [0.1, 0.15) is 5.82 Å². The highest BCUT2D eigenvalue weighted by atomic mass is 16.5. The van der Waals surface area contributed by atoms with Gasteiger partial charge in [-0.25, -0.2) is 4.98 Å². The van der Waals surface area contributed by atoms with Crippen LogP contribution in [0.2, 0.25) is 0 Å². The van der Waals surface area contributed by atoms with Gasteiger partial charge in [-0.2, -0.15) is 0 Å². The lowest BCUT2D eigenvalue weighted by Gasteiger charge is -2.35. The Labute approximate surface area is 196 Å². The number of ether oxygens (including phenoxy) is 2. The highest BCUT2D eigenvalue weighted by Gasteiger charge is 2.33. The fourth-order valence-corrected chi connectivity index (χ4v) is 5.44. The number of fused-ring (bicyclic) bond motifs is 2. The summed E-state index contributed by atoms with van der Waals surface area (Å²) in [6.07, 6.45) is 8.14. The maximum atomic E-state index is 13.9. The minimum Gasteiger partial charge on any atom is -0.381 e. The van der Waals surface area contributed by atoms with Crippen molar-refractivity contribution in [1.29, 1.82) is 0 Å². The van der Waals surface area contributed by atoms with Crippen LogP contribution in [0.15, 0.2) is 36.5 Å². The number of carbonyl (C=O) groups excluding carboxylic acids is 1. The molecule has 1 N–H and O–H groups in total. The first kappa shape index (κ1) is 22.2. The smallest absolute Gasteiger partial charge is 0.230 e. The van der Waals surface area contributed by atoms with Gasteiger partial charge in [-0.05, 0) is 62.8 Å². The largest absolute Gasteiger partial charge is 0.381 e. The van der Waals surface area contributed by atoms with Gasteiger partial charge in [-0.1, -0.05) is 6.07 Å². The van der Waals surface area contributed by atoms with Crippen molar-refractivity contribution in [2.24, 2.45) is 5.92 Å². The van der Waals surface area contributed by atoms with Gasteiger partial charge in [-0.15, -0.1) is 0 Å². The summed E-state index contributed by atoms with van der Waals surface area (Å²) in [4.78, 5) is 22.8. The van der Waals surface area contributed by atoms with Crippen LogP contribution in [0.5, 0.6) is 0 Å². The molecule has 0 bridgehead atoms. The Hall–Kier alpha value is -2.64. The summed E-state index contributed by atoms with van der Waals surface area (Å²) in [5.74, 6) is 1.05. The number of nitrogens with zero attached hydrogens (tertiary/aromatic N) is 3. The molecule has 33 heavy (non-hydrogen) atoms. The molecule has 1 saturated carbocycles. The van der Waals surface area contributed by atoms with Crippen molar-refractivity contribution < 1.29 is 14.3 Å². The molecular weight excluding hydrogens is 416 g/mol. The standard InChI is InChI=1S/C26H34N4O3/c1-32-21-10-7-18(8-11-21)26(31)30-16-19-5-3-13-27-25(19)28-23-12-9-20(15-24(23)30)29-14-4-6-22(17-29)33-2/h3,5,9,12-13,15,18,21-22H,4,6-8,10-11,14,16-17H2,1-2H3,(H,27,28). The Morgan fingerprint density at radius 3 is 2.67 bits per heavy atom. The summed E-state index contributed by atoms with van der Waals surface area (Å²) in [7, 11) is 3.56. The van der Waals surface area contributed by atoms with Gasteiger partial charge in [0.2, 0.25) is 5.91 Å². The predicted octanol–water partition coefficient (Wildman–Crippen LogP) is 4.49. The summed E-state index contributed by atoms with van der Waals surface area (Å²) >= 11 is 0. The average Bonchev–Trinajstić information content (AvgIpc) is 3.04. The Morgan fingerprint density at radius 1 is 1.06 bits per heavy atom. The van der Waals surface area contributed by atoms with Crippen molar-refractivity contribution in [3.05, 3.63) is 42.1 Å². The van der Waals surface area contributed by atoms with E-state index < -0.39 is 0 Å². The molecule has 1 aromatic heterocycles. The quantitative estimate of drug-likeness (QED) is 0.740. The van der Waals surface area contributed by atoms with Crippen LogP contribution >= 0.6 is 0 Å². The zero-order chi connectivity index (χ0) is 22.8. The second-order valence-corrected chi connectivity index (χ2v) is 9.42. The van der Waals surface area contributed by atoms with E-state index in [0.29, 0.717) is 6.54 Å². The fourth-order valence-electron chi connectivity index (χ4n) is 5.44. The van der Waals surface area contributed by atoms with E-state index in [4.69, 9.17) is 9.47 Å². The number of aromatic nitrogens is 1. The van der Waals surface area contributed by atoms with Crippen LogP contribution in [0.25, 0.3) is 0 Å². The molecule has 2 aliphatic heterocycles. The molecule has 1 saturated heterocycles. The number of methoxy groups -OCH3 is 2. The maximum absolute atomic E-state index is 13.9. The van der Waals surface area contributed by atoms with Gasteiger partial charge in [0.15, 0.2) is 0 Å². The molecule has 0 radical (unpaired) electrons. The topological polar surface area (TPSA) is 66.9 Å². The Morgan fingerprint density at radius 2 is 1.88 bits per heavy atom. The summed E-state index contributed by atoms with van der Waals surface area (Å²) in [5.41, 5.74) is 4.03. The van der Waals surface area contributed by atoms with Gasteiger partial charge in [0, 0.05) is 50.7 Å². The van der Waals surface area contributed by atoms with Crippen molar-refractivity contribution in [1.82, 2.24) is 4.98 Å². The first-order chi connectivity index (χ1) is 16.2. The van der Waals surface area contributed by atoms with Gasteiger partial charge in [0.05, 0.1) is 30.1 Å². The monoisotopic (exact) mass is 450 g/mol. The first-order valence-corrected chi connectivity index (χ1v) is 12.1. The Balaban J connectivity index is 1.48. The molecule has 176 valence electrons. The number of pyridine rings is 1. The minimum atomic E-state index is 0.0268. The van der Waals surface area contributed by atoms with E-state index >= 15 is 0 Å². The van der Waals surface area contributed by atoms with Crippen LogP contribution in [-0.2, 0) is 20.8 Å². The molecular formula is C26H34N4O3. The molecule has 1 aliphatic carbocycles. The van der Waals surface area contributed by atoms with E-state index in [1.54, 1.807) is 20.4 Å². The van der Waals surface area contributed by atoms with E-state index in [9.17, 15) is 4.79 Å². The fraction of sp³-hybridized carbons (Fsp3) is 0.538. The van der Waals surface area contributed by atoms with Crippen LogP contribution in [0, 0.1) is 5.92 Å². The van der Waals surface area contributed by atoms with E-state index in [-0.39, 0.29) is 24.0 Å². The third-order valence-corrected chi connectivity index (χ3v) is 7.44. The van der Waals surface area contributed by atoms with Crippen LogP contribution in [-0.4, -0.2) is 50.4 Å². The molecule has 1 amide bonds. The molecule has 7 nitrogen and oxygen atoms in total. The number of carbonyl (C=O) groups is 1. The van der Waals surface area contributed by atoms with E-state index in [1.807, 2.05) is 11.0 Å². The summed E-state index contributed by atoms with van der Waals surface area (Å²) in [6.45, 7) is 2.40. The van der Waals surface area contributed by atoms with Crippen molar-refractivity contribution >= 4 is 28.8 Å². The van der Waals surface area contributed by atoms with Crippen molar-refractivity contribution in [3.63, 3.8) is 0 Å². The van der Waals surface area contributed by atoms with Crippen LogP contribution in [0.1, 0.15) is 44.1 Å². The average molecular weight is 451 g/mol. The SMILES string of the molecule is COC1CCC(C(=O)N2Cc3cccnc3Nc3ccc(N4CCCC(OC)C4)cc32)CC1. The maximum Gasteiger partial charge on any atom is 0.230 e. The molecule has 3 aliphatic rings. The Kier molecular flexibility index (Phi) is 6.51. The number of anilines is 4. The number of piperidine rings is 1. The highest BCUT2D eigenvalue weighted by molar-refractivity contribution is 6.00. The molecule has 1 atom stereocenters. The summed E-state index contributed by atoms with van der Waals surface area (Å²) < 4.78 is 11.2. The van der Waals surface area contributed by atoms with Crippen LogP contribution in [0.3, 0.4) is 0 Å². The number of hydrogen-bond acceptors (Lipinski definition) is 6. The van der Waals surface area contributed by atoms with Crippen LogP contribution in [0.4, 0.5) is 22.9 Å². The Bertz CT molecular complexity index is 989. The van der Waals surface area contributed by atoms with Gasteiger partial charge < -0.3 is 24.6 Å². The van der Waals surface area contributed by atoms with Crippen LogP contribution < -0.4 is 15.1 Å². The zero-order valence-electron chi connectivity index (χ0n) is 19.6. The number of amides is 1. The van der Waals surface area contributed by atoms with Gasteiger partial charge in [0.25, 0.3) is 0 Å². The minimum absolute atomic E-state index is 0.0268. The molecule has 0 spiro atoms. The third-order valence-electron chi connectivity index (χ3n) is 7.44. The molecule has 7 heteroatoms. The first-order valence-electron chi connectivity index (χ1n) is 12.1. The molecule has 2 aromatic rings. The second kappa shape index (κ2) is 9.69. The zero-order valence-corrected chi connectivity index (χ0v) is 19.6. The molecule has 5 rings (SSSR count). The number of hydrogen-bond donors (Lipinski definition) is 1. The molecule has 2 fully saturated rings. The third kappa shape index (κ3) is 4.57. The highest BCUT2D eigenvalue weighted by Crippen LogP contribution is 2.40. The number of rotatable bonds is 4. The van der Waals surface area contributed by atoms with Crippen molar-refractivity contribution in [2.45, 2.75) is 57.3 Å². The van der Waals surface area contributed by atoms with Gasteiger partial charge in [-0.3, -0.25) is 4.79 Å². The number of nitrogens with one attached hydrogen (secondary N) is 1. The lowest BCUT2D eigenvalue weighted by atomic mass is 9.86. The summed E-state index contributed by atoms with van der Waals surface area (Å²) in [5, 5.41) is 3.49. The van der Waals surface area contributed by atoms with E-state index in [0.717, 1.165) is 80.1 Å². The lowest BCUT2D eigenvalue weighted by Crippen LogP contribution is -2.40. The van der Waals surface area contributed by atoms with E-state index in [1.165, 1.54) is 0 Å². The number of benzene rings is 1. The molecule has 1 unspecified atom stereocenters. The summed E-state index contributed by atoms with van der Waals surface area (Å²) in [6, 6.07) is 10.4. The lowest BCUT2D eigenvalue weighted by molar-refractivity contribution is -0.124. The van der Waals surface area contributed by atoms with Crippen molar-refractivity contribution in [2.75, 3.05) is 42.4 Å². The molecule has 3 heterocycles. The van der Waals surface area contributed by atoms with Crippen molar-refractivity contribution in [3.8, 4) is 0 Å². The predicted molar refractivity (Wildman–Crippen MR) is 130 cm³/mol. The molecule has 1 aromatic carbocycles.